The predicted molar refractivity (Wildman–Crippen MR) is 75.4 cm³/mol. The molecule has 0 radical (unpaired) electrons. The van der Waals surface area contributed by atoms with Crippen LogP contribution in [-0.4, -0.2) is 11.0 Å². The van der Waals surface area contributed by atoms with E-state index in [1.807, 2.05) is 36.4 Å². The minimum Gasteiger partial charge on any atom is -0.458 e. The van der Waals surface area contributed by atoms with Crippen molar-refractivity contribution in [1.29, 1.82) is 0 Å². The number of carbonyl (C=O) groups excluding carboxylic acids is 1. The van der Waals surface area contributed by atoms with Gasteiger partial charge in [0.1, 0.15) is 11.5 Å². The average molecular weight is 272 g/mol. The van der Waals surface area contributed by atoms with Crippen LogP contribution in [0, 0.1) is 0 Å². The van der Waals surface area contributed by atoms with Gasteiger partial charge in [-0.25, -0.2) is 0 Å². The van der Waals surface area contributed by atoms with Gasteiger partial charge in [0.15, 0.2) is 10.7 Å². The molecule has 2 heterocycles. The van der Waals surface area contributed by atoms with Gasteiger partial charge in [-0.15, -0.1) is 0 Å². The Labute approximate surface area is 115 Å². The highest BCUT2D eigenvalue weighted by Gasteiger charge is 2.44. The summed E-state index contributed by atoms with van der Waals surface area (Å²) in [5.74, 6) is 1.07. The van der Waals surface area contributed by atoms with Crippen molar-refractivity contribution in [2.24, 2.45) is 0 Å². The maximum atomic E-state index is 11.9. The van der Waals surface area contributed by atoms with E-state index in [0.29, 0.717) is 10.9 Å². The largest absolute Gasteiger partial charge is 0.458 e. The molecule has 1 atom stereocenters. The molecular weight excluding hydrogens is 260 g/mol. The van der Waals surface area contributed by atoms with E-state index >= 15 is 0 Å². The maximum Gasteiger partial charge on any atom is 0.259 e. The second kappa shape index (κ2) is 4.20. The highest BCUT2D eigenvalue weighted by molar-refractivity contribution is 7.80. The van der Waals surface area contributed by atoms with Gasteiger partial charge in [0.2, 0.25) is 0 Å². The molecule has 1 aromatic heterocycles. The molecule has 1 aliphatic rings. The van der Waals surface area contributed by atoms with Crippen LogP contribution in [-0.2, 0) is 10.3 Å². The molecule has 1 aliphatic heterocycles. The van der Waals surface area contributed by atoms with Crippen molar-refractivity contribution < 1.29 is 9.21 Å². The van der Waals surface area contributed by atoms with Crippen molar-refractivity contribution in [3.05, 3.63) is 48.2 Å². The van der Waals surface area contributed by atoms with E-state index in [0.717, 1.165) is 11.3 Å². The van der Waals surface area contributed by atoms with E-state index in [1.54, 1.807) is 13.0 Å². The van der Waals surface area contributed by atoms with Crippen molar-refractivity contribution in [2.75, 3.05) is 0 Å². The van der Waals surface area contributed by atoms with Crippen LogP contribution in [0.1, 0.15) is 12.7 Å². The summed E-state index contributed by atoms with van der Waals surface area (Å²) in [5.41, 5.74) is 0.0303. The Hall–Kier alpha value is -2.14. The van der Waals surface area contributed by atoms with E-state index in [9.17, 15) is 4.79 Å². The lowest BCUT2D eigenvalue weighted by Crippen LogP contribution is -2.40. The molecule has 19 heavy (non-hydrogen) atoms. The fraction of sp³-hybridized carbons (Fsp3) is 0.143. The van der Waals surface area contributed by atoms with Crippen molar-refractivity contribution in [1.82, 2.24) is 10.6 Å². The Morgan fingerprint density at radius 2 is 1.89 bits per heavy atom. The van der Waals surface area contributed by atoms with Crippen LogP contribution in [0.25, 0.3) is 11.3 Å². The molecule has 3 rings (SSSR count). The number of rotatable bonds is 2. The van der Waals surface area contributed by atoms with Gasteiger partial charge in [-0.05, 0) is 31.3 Å². The van der Waals surface area contributed by atoms with E-state index in [4.69, 9.17) is 16.6 Å². The molecule has 0 aliphatic carbocycles. The molecule has 1 aromatic carbocycles. The van der Waals surface area contributed by atoms with Crippen LogP contribution in [0.2, 0.25) is 0 Å². The molecule has 1 unspecified atom stereocenters. The molecule has 1 fully saturated rings. The fourth-order valence-corrected chi connectivity index (χ4v) is 2.38. The van der Waals surface area contributed by atoms with Crippen molar-refractivity contribution >= 4 is 23.2 Å². The summed E-state index contributed by atoms with van der Waals surface area (Å²) in [6.07, 6.45) is 0. The molecule has 4 nitrogen and oxygen atoms in total. The number of hydrogen-bond acceptors (Lipinski definition) is 3. The van der Waals surface area contributed by atoms with Gasteiger partial charge in [-0.2, -0.15) is 0 Å². The van der Waals surface area contributed by atoms with Crippen LogP contribution in [0.3, 0.4) is 0 Å². The minimum atomic E-state index is -0.940. The lowest BCUT2D eigenvalue weighted by Gasteiger charge is -2.17. The Morgan fingerprint density at radius 1 is 1.16 bits per heavy atom. The summed E-state index contributed by atoms with van der Waals surface area (Å²) in [5, 5.41) is 5.84. The SMILES string of the molecule is CC1(c2ccc(-c3ccccc3)o2)NC(=S)NC1=O. The van der Waals surface area contributed by atoms with Crippen LogP contribution < -0.4 is 10.6 Å². The second-order valence-corrected chi connectivity index (χ2v) is 4.97. The number of nitrogens with one attached hydrogen (secondary N) is 2. The average Bonchev–Trinajstić information content (AvgIpc) is 2.97. The molecule has 1 saturated heterocycles. The highest BCUT2D eigenvalue weighted by Crippen LogP contribution is 2.30. The summed E-state index contributed by atoms with van der Waals surface area (Å²) >= 11 is 4.96. The van der Waals surface area contributed by atoms with Crippen LogP contribution >= 0.6 is 12.2 Å². The third-order valence-corrected chi connectivity index (χ3v) is 3.41. The number of amides is 1. The lowest BCUT2D eigenvalue weighted by atomic mass is 10.00. The number of furan rings is 1. The van der Waals surface area contributed by atoms with Gasteiger partial charge in [-0.3, -0.25) is 4.79 Å². The van der Waals surface area contributed by atoms with E-state index in [-0.39, 0.29) is 5.91 Å². The molecule has 0 bridgehead atoms. The van der Waals surface area contributed by atoms with Gasteiger partial charge >= 0.3 is 0 Å². The van der Waals surface area contributed by atoms with Gasteiger partial charge < -0.3 is 15.1 Å². The summed E-state index contributed by atoms with van der Waals surface area (Å²) < 4.78 is 5.79. The molecule has 96 valence electrons. The van der Waals surface area contributed by atoms with E-state index in [1.165, 1.54) is 0 Å². The first kappa shape index (κ1) is 11.9. The van der Waals surface area contributed by atoms with Gasteiger partial charge in [0, 0.05) is 5.56 Å². The minimum absolute atomic E-state index is 0.202. The number of carbonyl (C=O) groups is 1. The Morgan fingerprint density at radius 3 is 2.53 bits per heavy atom. The first-order valence-corrected chi connectivity index (χ1v) is 6.30. The van der Waals surface area contributed by atoms with Crippen molar-refractivity contribution in [2.45, 2.75) is 12.5 Å². The number of thiocarbonyl (C=S) groups is 1. The molecule has 1 amide bonds. The third kappa shape index (κ3) is 1.92. The molecular formula is C14H12N2O2S. The summed E-state index contributed by atoms with van der Waals surface area (Å²) in [6, 6.07) is 13.4. The Bertz CT molecular complexity index is 650. The maximum absolute atomic E-state index is 11.9. The van der Waals surface area contributed by atoms with Crippen molar-refractivity contribution in [3.8, 4) is 11.3 Å². The first-order valence-electron chi connectivity index (χ1n) is 5.89. The smallest absolute Gasteiger partial charge is 0.259 e. The number of benzene rings is 1. The summed E-state index contributed by atoms with van der Waals surface area (Å²) in [6.45, 7) is 1.75. The zero-order valence-electron chi connectivity index (χ0n) is 10.3. The van der Waals surface area contributed by atoms with E-state index in [2.05, 4.69) is 10.6 Å². The summed E-state index contributed by atoms with van der Waals surface area (Å²) in [4.78, 5) is 11.9. The van der Waals surface area contributed by atoms with Crippen LogP contribution in [0.5, 0.6) is 0 Å². The highest BCUT2D eigenvalue weighted by atomic mass is 32.1. The normalized spacial score (nSPS) is 22.2. The lowest BCUT2D eigenvalue weighted by molar-refractivity contribution is -0.124. The zero-order chi connectivity index (χ0) is 13.5. The summed E-state index contributed by atoms with van der Waals surface area (Å²) in [7, 11) is 0. The molecule has 0 saturated carbocycles. The third-order valence-electron chi connectivity index (χ3n) is 3.20. The van der Waals surface area contributed by atoms with Gasteiger partial charge in [0.25, 0.3) is 5.91 Å². The van der Waals surface area contributed by atoms with E-state index < -0.39 is 5.54 Å². The van der Waals surface area contributed by atoms with Gasteiger partial charge in [0.05, 0.1) is 0 Å². The monoisotopic (exact) mass is 272 g/mol. The quantitative estimate of drug-likeness (QED) is 0.823. The van der Waals surface area contributed by atoms with Crippen LogP contribution in [0.4, 0.5) is 0 Å². The van der Waals surface area contributed by atoms with Gasteiger partial charge in [-0.1, -0.05) is 30.3 Å². The second-order valence-electron chi connectivity index (χ2n) is 4.56. The zero-order valence-corrected chi connectivity index (χ0v) is 11.1. The Balaban J connectivity index is 1.98. The number of hydrogen-bond donors (Lipinski definition) is 2. The van der Waals surface area contributed by atoms with Crippen LogP contribution in [0.15, 0.2) is 46.9 Å². The predicted octanol–water partition coefficient (Wildman–Crippen LogP) is 2.17. The Kier molecular flexibility index (Phi) is 2.64. The topological polar surface area (TPSA) is 54.3 Å². The molecule has 5 heteroatoms. The molecule has 2 aromatic rings. The fourth-order valence-electron chi connectivity index (χ4n) is 2.08. The molecule has 2 N–H and O–H groups in total. The molecule has 0 spiro atoms. The van der Waals surface area contributed by atoms with Crippen molar-refractivity contribution in [3.63, 3.8) is 0 Å². The first-order chi connectivity index (χ1) is 9.09. The standard InChI is InChI=1S/C14H12N2O2S/c1-14(12(17)15-13(19)16-14)11-8-7-10(18-11)9-5-3-2-4-6-9/h2-8H,1H3,(H2,15,16,17,19).